The van der Waals surface area contributed by atoms with Crippen molar-refractivity contribution in [1.29, 1.82) is 0 Å². The van der Waals surface area contributed by atoms with E-state index in [1.165, 1.54) is 0 Å². The van der Waals surface area contributed by atoms with Crippen LogP contribution in [-0.2, 0) is 4.79 Å². The first-order chi connectivity index (χ1) is 6.06. The van der Waals surface area contributed by atoms with Gasteiger partial charge in [-0.25, -0.2) is 4.79 Å². The van der Waals surface area contributed by atoms with Crippen LogP contribution in [0.25, 0.3) is 0 Å². The van der Waals surface area contributed by atoms with Crippen LogP contribution in [0.2, 0.25) is 0 Å². The molecule has 7 heteroatoms. The second-order valence-corrected chi connectivity index (χ2v) is 2.54. The van der Waals surface area contributed by atoms with Gasteiger partial charge in [-0.15, -0.1) is 0 Å². The Hall–Kier alpha value is -0.730. The van der Waals surface area contributed by atoms with E-state index in [2.05, 4.69) is 10.6 Å². The van der Waals surface area contributed by atoms with Crippen molar-refractivity contribution in [3.8, 4) is 0 Å². The van der Waals surface area contributed by atoms with Gasteiger partial charge in [0, 0.05) is 26.2 Å². The number of nitrogens with one attached hydrogen (secondary N) is 2. The van der Waals surface area contributed by atoms with Gasteiger partial charge in [-0.05, 0) is 0 Å². The van der Waals surface area contributed by atoms with Crippen molar-refractivity contribution in [2.24, 2.45) is 17.2 Å². The summed E-state index contributed by atoms with van der Waals surface area (Å²) in [4.78, 5) is 10.7. The molecule has 0 radical (unpaired) electrons. The fourth-order valence-corrected chi connectivity index (χ4v) is 0.752. The monoisotopic (exact) mass is 191 g/mol. The van der Waals surface area contributed by atoms with Crippen molar-refractivity contribution < 1.29 is 9.90 Å². The minimum Gasteiger partial charge on any atom is -0.478 e. The Morgan fingerprint density at radius 1 is 1.23 bits per heavy atom. The van der Waals surface area contributed by atoms with E-state index in [1.807, 2.05) is 0 Å². The SMILES string of the molecule is NCCNC(N)(NCCN)C(=O)O. The smallest absolute Gasteiger partial charge is 0.354 e. The second kappa shape index (κ2) is 5.84. The number of carboxylic acid groups (broad SMARTS) is 1. The topological polar surface area (TPSA) is 139 Å². The minimum atomic E-state index is -1.64. The van der Waals surface area contributed by atoms with Crippen LogP contribution in [0.15, 0.2) is 0 Å². The predicted octanol–water partition coefficient (Wildman–Crippen LogP) is -3.22. The normalized spacial score (nSPS) is 11.6. The van der Waals surface area contributed by atoms with Gasteiger partial charge in [-0.1, -0.05) is 0 Å². The lowest BCUT2D eigenvalue weighted by molar-refractivity contribution is -0.146. The van der Waals surface area contributed by atoms with Crippen LogP contribution in [0.3, 0.4) is 0 Å². The number of nitrogens with two attached hydrogens (primary N) is 3. The van der Waals surface area contributed by atoms with Gasteiger partial charge in [-0.2, -0.15) is 0 Å². The molecule has 0 aromatic carbocycles. The molecular weight excluding hydrogens is 174 g/mol. The molecule has 0 rings (SSSR count). The summed E-state index contributed by atoms with van der Waals surface area (Å²) in [7, 11) is 0. The number of rotatable bonds is 7. The standard InChI is InChI=1S/C6H17N5O2/c7-1-3-10-6(9,5(12)13)11-4-2-8/h10-11H,1-4,7-9H2,(H,12,13). The fraction of sp³-hybridized carbons (Fsp3) is 0.833. The molecule has 0 aliphatic carbocycles. The zero-order valence-electron chi connectivity index (χ0n) is 7.42. The molecule has 0 aliphatic heterocycles. The van der Waals surface area contributed by atoms with Gasteiger partial charge in [0.25, 0.3) is 0 Å². The van der Waals surface area contributed by atoms with Crippen LogP contribution in [0.4, 0.5) is 0 Å². The van der Waals surface area contributed by atoms with Crippen molar-refractivity contribution in [2.45, 2.75) is 5.79 Å². The maximum absolute atomic E-state index is 10.7. The summed E-state index contributed by atoms with van der Waals surface area (Å²) in [5, 5.41) is 13.9. The predicted molar refractivity (Wildman–Crippen MR) is 48.7 cm³/mol. The van der Waals surface area contributed by atoms with E-state index in [0.717, 1.165) is 0 Å². The van der Waals surface area contributed by atoms with Crippen molar-refractivity contribution >= 4 is 5.97 Å². The molecular formula is C6H17N5O2. The molecule has 0 heterocycles. The molecule has 0 aliphatic rings. The highest BCUT2D eigenvalue weighted by molar-refractivity contribution is 5.77. The van der Waals surface area contributed by atoms with E-state index in [4.69, 9.17) is 22.3 Å². The highest BCUT2D eigenvalue weighted by atomic mass is 16.4. The van der Waals surface area contributed by atoms with E-state index in [1.54, 1.807) is 0 Å². The third kappa shape index (κ3) is 4.15. The molecule has 0 aromatic rings. The second-order valence-electron chi connectivity index (χ2n) is 2.54. The van der Waals surface area contributed by atoms with Crippen molar-refractivity contribution in [3.05, 3.63) is 0 Å². The maximum Gasteiger partial charge on any atom is 0.354 e. The first-order valence-corrected chi connectivity index (χ1v) is 3.99. The first-order valence-electron chi connectivity index (χ1n) is 3.99. The molecule has 0 spiro atoms. The Morgan fingerprint density at radius 2 is 1.62 bits per heavy atom. The molecule has 0 amide bonds. The van der Waals surface area contributed by atoms with E-state index in [0.29, 0.717) is 26.2 Å². The fourth-order valence-electron chi connectivity index (χ4n) is 0.752. The van der Waals surface area contributed by atoms with Gasteiger partial charge in [0.1, 0.15) is 0 Å². The molecule has 0 saturated heterocycles. The van der Waals surface area contributed by atoms with Gasteiger partial charge in [0.05, 0.1) is 0 Å². The highest BCUT2D eigenvalue weighted by Crippen LogP contribution is 1.88. The van der Waals surface area contributed by atoms with Gasteiger partial charge >= 0.3 is 5.97 Å². The van der Waals surface area contributed by atoms with Crippen LogP contribution in [0, 0.1) is 0 Å². The third-order valence-electron chi connectivity index (χ3n) is 1.43. The Bertz CT molecular complexity index is 155. The quantitative estimate of drug-likeness (QED) is 0.233. The van der Waals surface area contributed by atoms with E-state index in [9.17, 15) is 4.79 Å². The summed E-state index contributed by atoms with van der Waals surface area (Å²) in [5.41, 5.74) is 15.9. The largest absolute Gasteiger partial charge is 0.478 e. The molecule has 7 nitrogen and oxygen atoms in total. The lowest BCUT2D eigenvalue weighted by atomic mass is 10.3. The number of carboxylic acids is 1. The maximum atomic E-state index is 10.7. The summed E-state index contributed by atoms with van der Waals surface area (Å²) in [5.74, 6) is -2.83. The Balaban J connectivity index is 4.08. The molecule has 0 aromatic heterocycles. The summed E-state index contributed by atoms with van der Waals surface area (Å²) >= 11 is 0. The molecule has 78 valence electrons. The molecule has 13 heavy (non-hydrogen) atoms. The highest BCUT2D eigenvalue weighted by Gasteiger charge is 2.31. The minimum absolute atomic E-state index is 0.316. The van der Waals surface area contributed by atoms with E-state index >= 15 is 0 Å². The molecule has 0 bridgehead atoms. The molecule has 0 saturated carbocycles. The average Bonchev–Trinajstić information content (AvgIpc) is 2.11. The average molecular weight is 191 g/mol. The van der Waals surface area contributed by atoms with Crippen LogP contribution in [0.5, 0.6) is 0 Å². The summed E-state index contributed by atoms with van der Waals surface area (Å²) in [6.07, 6.45) is 0. The van der Waals surface area contributed by atoms with Crippen molar-refractivity contribution in [3.63, 3.8) is 0 Å². The third-order valence-corrected chi connectivity index (χ3v) is 1.43. The molecule has 0 unspecified atom stereocenters. The summed E-state index contributed by atoms with van der Waals surface area (Å²) in [6.45, 7) is 1.27. The lowest BCUT2D eigenvalue weighted by Crippen LogP contribution is -2.70. The Labute approximate surface area is 76.6 Å². The lowest BCUT2D eigenvalue weighted by Gasteiger charge is -2.26. The van der Waals surface area contributed by atoms with Gasteiger partial charge in [0.15, 0.2) is 0 Å². The van der Waals surface area contributed by atoms with Crippen LogP contribution < -0.4 is 27.8 Å². The van der Waals surface area contributed by atoms with E-state index in [-0.39, 0.29) is 0 Å². The zero-order valence-corrected chi connectivity index (χ0v) is 7.42. The Morgan fingerprint density at radius 3 is 1.85 bits per heavy atom. The van der Waals surface area contributed by atoms with Crippen LogP contribution in [0.1, 0.15) is 0 Å². The van der Waals surface area contributed by atoms with Gasteiger partial charge in [-0.3, -0.25) is 16.4 Å². The van der Waals surface area contributed by atoms with Crippen molar-refractivity contribution in [1.82, 2.24) is 10.6 Å². The number of hydrogen-bond acceptors (Lipinski definition) is 6. The van der Waals surface area contributed by atoms with Gasteiger partial charge < -0.3 is 16.6 Å². The van der Waals surface area contributed by atoms with Crippen LogP contribution >= 0.6 is 0 Å². The summed E-state index contributed by atoms with van der Waals surface area (Å²) < 4.78 is 0. The molecule has 0 atom stereocenters. The number of hydrogen-bond donors (Lipinski definition) is 6. The summed E-state index contributed by atoms with van der Waals surface area (Å²) in [6, 6.07) is 0. The first kappa shape index (κ1) is 12.3. The van der Waals surface area contributed by atoms with E-state index < -0.39 is 11.8 Å². The number of carbonyl (C=O) groups is 1. The molecule has 9 N–H and O–H groups in total. The van der Waals surface area contributed by atoms with Crippen LogP contribution in [-0.4, -0.2) is 43.0 Å². The zero-order chi connectivity index (χ0) is 10.3. The van der Waals surface area contributed by atoms with Crippen molar-refractivity contribution in [2.75, 3.05) is 26.2 Å². The Kier molecular flexibility index (Phi) is 5.51. The number of aliphatic carboxylic acids is 1. The van der Waals surface area contributed by atoms with Gasteiger partial charge in [0.2, 0.25) is 5.79 Å². The molecule has 0 fully saturated rings.